The van der Waals surface area contributed by atoms with Gasteiger partial charge in [-0.3, -0.25) is 4.79 Å². The maximum atomic E-state index is 13.6. The zero-order chi connectivity index (χ0) is 55.3. The van der Waals surface area contributed by atoms with Crippen LogP contribution in [0.25, 0.3) is 0 Å². The Morgan fingerprint density at radius 2 is 1.24 bits per heavy atom. The van der Waals surface area contributed by atoms with E-state index in [9.17, 15) is 65.5 Å². The molecule has 13 atom stereocenters. The largest absolute Gasteiger partial charge is 0.388 e. The van der Waals surface area contributed by atoms with E-state index in [1.165, 1.54) is 41.5 Å². The van der Waals surface area contributed by atoms with Gasteiger partial charge >= 0.3 is 18.3 Å². The monoisotopic (exact) mass is 1100 g/mol. The minimum Gasteiger partial charge on any atom is -0.388 e. The zero-order valence-corrected chi connectivity index (χ0v) is 46.9. The summed E-state index contributed by atoms with van der Waals surface area (Å²) in [5, 5.41) is 72.2. The van der Waals surface area contributed by atoms with Gasteiger partial charge in [0.25, 0.3) is 0 Å². The number of sulfonamides is 2. The number of hydrogen-bond acceptors (Lipinski definition) is 19. The average molecular weight is 1100 g/mol. The molecule has 0 aromatic heterocycles. The van der Waals surface area contributed by atoms with Crippen LogP contribution in [-0.4, -0.2) is 211 Å². The Hall–Kier alpha value is -1.93. The lowest BCUT2D eigenvalue weighted by molar-refractivity contribution is -0.416. The minimum atomic E-state index is -4.11. The summed E-state index contributed by atoms with van der Waals surface area (Å²) in [6.45, 7) is 16.9. The Kier molecular flexibility index (Phi) is 22.8. The maximum absolute atomic E-state index is 13.6. The molecule has 3 saturated heterocycles. The van der Waals surface area contributed by atoms with Gasteiger partial charge in [0.15, 0.2) is 18.3 Å². The number of nitrogens with zero attached hydrogens (tertiary/aromatic N) is 3. The standard InChI is InChI=1S/C45H86N5O19S3/c1-26(2)38(44(57,27(3)4)47-71(13,61)62)68-41(54)45(58,65-21-22-70(12,59)60)69-34-17-20-50(72(14,63)64)36(24-34)30(8)40(53)66-32-16-19-49(42(55)46-28(5)6)35(23-32)29(7)39(52)67-33-15-18-48(31(9)51)37(25-33)43(10,11)56/h26-30,32-40,47,52-54,56-58H,15-25H2,1-14H3,(H,46,55). The third-order valence-corrected chi connectivity index (χ3v) is 16.6. The van der Waals surface area contributed by atoms with Gasteiger partial charge in [0, 0.05) is 62.8 Å². The van der Waals surface area contributed by atoms with Gasteiger partial charge in [-0.15, -0.1) is 0 Å². The number of amides is 3. The lowest BCUT2D eigenvalue weighted by Gasteiger charge is -2.47. The first-order valence-corrected chi connectivity index (χ1v) is 30.4. The van der Waals surface area contributed by atoms with Crippen LogP contribution in [0.2, 0.25) is 0 Å². The van der Waals surface area contributed by atoms with Crippen molar-refractivity contribution in [2.45, 2.75) is 193 Å². The molecule has 423 valence electrons. The molecule has 72 heavy (non-hydrogen) atoms. The van der Waals surface area contributed by atoms with Crippen LogP contribution in [-0.2, 0) is 58.4 Å². The lowest BCUT2D eigenvalue weighted by atomic mass is 9.87. The smallest absolute Gasteiger partial charge is 0.344 e. The van der Waals surface area contributed by atoms with E-state index < -0.39 is 151 Å². The Balaban J connectivity index is 1.90. The molecular formula is C45H86N5O19S3. The fourth-order valence-electron chi connectivity index (χ4n) is 9.66. The molecule has 0 saturated carbocycles. The number of aliphatic hydroxyl groups is 6. The van der Waals surface area contributed by atoms with Crippen LogP contribution in [0, 0.1) is 30.0 Å². The summed E-state index contributed by atoms with van der Waals surface area (Å²) in [6.07, 6.45) is -5.34. The number of sulfone groups is 1. The molecule has 0 spiro atoms. The van der Waals surface area contributed by atoms with E-state index >= 15 is 0 Å². The molecule has 0 aromatic carbocycles. The molecule has 3 aliphatic rings. The van der Waals surface area contributed by atoms with Crippen LogP contribution >= 0.6 is 0 Å². The Labute approximate surface area is 427 Å². The zero-order valence-electron chi connectivity index (χ0n) is 44.4. The van der Waals surface area contributed by atoms with Gasteiger partial charge in [-0.05, 0) is 78.1 Å². The Morgan fingerprint density at radius 3 is 1.69 bits per heavy atom. The second-order valence-electron chi connectivity index (χ2n) is 21.5. The third-order valence-electron chi connectivity index (χ3n) is 13.6. The molecule has 8 N–H and O–H groups in total. The highest BCUT2D eigenvalue weighted by Crippen LogP contribution is 2.38. The van der Waals surface area contributed by atoms with Gasteiger partial charge in [0.1, 0.15) is 15.9 Å². The first kappa shape index (κ1) is 64.4. The van der Waals surface area contributed by atoms with Crippen LogP contribution in [0.3, 0.4) is 0 Å². The molecule has 0 aliphatic carbocycles. The van der Waals surface area contributed by atoms with E-state index in [4.69, 9.17) is 23.7 Å². The molecule has 3 heterocycles. The van der Waals surface area contributed by atoms with Crippen molar-refractivity contribution in [3.63, 3.8) is 0 Å². The number of nitrogens with one attached hydrogen (secondary N) is 2. The van der Waals surface area contributed by atoms with Crippen molar-refractivity contribution in [1.29, 1.82) is 0 Å². The molecule has 27 heteroatoms. The van der Waals surface area contributed by atoms with Crippen molar-refractivity contribution in [3.05, 3.63) is 6.29 Å². The number of hydrogen-bond donors (Lipinski definition) is 8. The Bertz CT molecular complexity index is 2120. The van der Waals surface area contributed by atoms with E-state index in [1.807, 2.05) is 0 Å². The number of carbonyl (C=O) groups excluding carboxylic acids is 2. The van der Waals surface area contributed by atoms with Gasteiger partial charge in [-0.2, -0.15) is 9.03 Å². The van der Waals surface area contributed by atoms with Gasteiger partial charge in [0.05, 0.1) is 54.8 Å². The highest BCUT2D eigenvalue weighted by molar-refractivity contribution is 7.90. The van der Waals surface area contributed by atoms with Crippen molar-refractivity contribution < 1.29 is 89.2 Å². The number of carbonyl (C=O) groups is 2. The van der Waals surface area contributed by atoms with E-state index in [2.05, 4.69) is 10.0 Å². The topological polar surface area (TPSA) is 338 Å². The van der Waals surface area contributed by atoms with Crippen molar-refractivity contribution >= 4 is 41.8 Å². The molecule has 3 rings (SSSR count). The number of likely N-dealkylation sites (tertiary alicyclic amines) is 2. The summed E-state index contributed by atoms with van der Waals surface area (Å²) >= 11 is 0. The number of aliphatic hydroxyl groups excluding tert-OH is 3. The molecular weight excluding hydrogens is 1010 g/mol. The molecule has 3 fully saturated rings. The quantitative estimate of drug-likeness (QED) is 0.0572. The summed E-state index contributed by atoms with van der Waals surface area (Å²) in [6, 6.07) is -3.01. The van der Waals surface area contributed by atoms with E-state index in [1.54, 1.807) is 44.4 Å². The molecule has 13 unspecified atom stereocenters. The van der Waals surface area contributed by atoms with Gasteiger partial charge in [-0.1, -0.05) is 41.5 Å². The molecule has 24 nitrogen and oxygen atoms in total. The van der Waals surface area contributed by atoms with Crippen molar-refractivity contribution in [1.82, 2.24) is 24.1 Å². The molecule has 3 amide bonds. The summed E-state index contributed by atoms with van der Waals surface area (Å²) in [4.78, 5) is 29.1. The first-order chi connectivity index (χ1) is 32.7. The number of urea groups is 1. The second-order valence-corrected chi connectivity index (χ2v) is 27.5. The Morgan fingerprint density at radius 1 is 0.736 bits per heavy atom. The lowest BCUT2D eigenvalue weighted by Crippen LogP contribution is -2.63. The number of rotatable bonds is 25. The predicted molar refractivity (Wildman–Crippen MR) is 263 cm³/mol. The number of ether oxygens (including phenoxy) is 5. The molecule has 0 aromatic rings. The third kappa shape index (κ3) is 18.1. The highest BCUT2D eigenvalue weighted by atomic mass is 32.2. The summed E-state index contributed by atoms with van der Waals surface area (Å²) in [5.74, 6) is -7.55. The fraction of sp³-hybridized carbons (Fsp3) is 0.933. The van der Waals surface area contributed by atoms with Crippen molar-refractivity contribution in [3.8, 4) is 0 Å². The molecule has 0 bridgehead atoms. The first-order valence-electron chi connectivity index (χ1n) is 24.6. The molecule has 1 radical (unpaired) electrons. The van der Waals surface area contributed by atoms with Crippen molar-refractivity contribution in [2.24, 2.45) is 23.7 Å². The fourth-order valence-corrected chi connectivity index (χ4v) is 12.2. The average Bonchev–Trinajstić information content (AvgIpc) is 3.22. The molecule has 3 aliphatic heterocycles. The summed E-state index contributed by atoms with van der Waals surface area (Å²) in [5.41, 5.74) is -3.65. The maximum Gasteiger partial charge on any atom is 0.344 e. The van der Waals surface area contributed by atoms with Crippen LogP contribution in [0.5, 0.6) is 0 Å². The SMILES string of the molecule is CC(=O)N1CCC(OC(O)C(C)C2CC(OC(O)C(C)C3CC(OC(O)(OCCS(C)(=O)=O)[C](O)OC(C(C)C)C(O)(NS(C)(=O)=O)C(C)C)CCN3S(C)(=O)=O)CCN2C(=O)NC(C)C)CC1C(C)(C)O. The second kappa shape index (κ2) is 25.5. The van der Waals surface area contributed by atoms with Crippen molar-refractivity contribution in [2.75, 3.05) is 50.8 Å². The highest BCUT2D eigenvalue weighted by Gasteiger charge is 2.53. The van der Waals surface area contributed by atoms with Gasteiger partial charge < -0.3 is 69.4 Å². The summed E-state index contributed by atoms with van der Waals surface area (Å²) < 4.78 is 108. The van der Waals surface area contributed by atoms with Crippen LogP contribution in [0.1, 0.15) is 115 Å². The minimum absolute atomic E-state index is 0.105. The van der Waals surface area contributed by atoms with E-state index in [-0.39, 0.29) is 57.1 Å². The summed E-state index contributed by atoms with van der Waals surface area (Å²) in [7, 11) is -11.8. The predicted octanol–water partition coefficient (Wildman–Crippen LogP) is 0.343. The van der Waals surface area contributed by atoms with E-state index in [0.29, 0.717) is 13.0 Å². The van der Waals surface area contributed by atoms with Crippen LogP contribution in [0.15, 0.2) is 0 Å². The normalized spacial score (nSPS) is 27.3. The van der Waals surface area contributed by atoms with Gasteiger partial charge in [0.2, 0.25) is 26.0 Å². The van der Waals surface area contributed by atoms with E-state index in [0.717, 1.165) is 23.1 Å². The van der Waals surface area contributed by atoms with Gasteiger partial charge in [-0.25, -0.2) is 30.0 Å². The number of piperidine rings is 3. The van der Waals surface area contributed by atoms with Crippen LogP contribution < -0.4 is 10.0 Å². The van der Waals surface area contributed by atoms with Crippen LogP contribution in [0.4, 0.5) is 4.79 Å².